The molecule has 0 radical (unpaired) electrons. The molecule has 0 bridgehead atoms. The monoisotopic (exact) mass is 220 g/mol. The number of aromatic nitrogens is 2. The Kier molecular flexibility index (Phi) is 3.05. The van der Waals surface area contributed by atoms with Crippen molar-refractivity contribution in [2.24, 2.45) is 5.84 Å². The number of hydrogen-bond donors (Lipinski definition) is 2. The van der Waals surface area contributed by atoms with Crippen LogP contribution in [0.2, 0.25) is 0 Å². The summed E-state index contributed by atoms with van der Waals surface area (Å²) in [6, 6.07) is 8.11. The molecule has 0 fully saturated rings. The van der Waals surface area contributed by atoms with Crippen molar-refractivity contribution >= 4 is 11.5 Å². The standard InChI is InChI=1S/C10H12N4S/c1-7-4-2-3-5-8(7)10(13-11)9-6-12-14-15-9/h2-6,10,13H,11H2,1H3. The molecular formula is C10H12N4S. The van der Waals surface area contributed by atoms with E-state index in [1.54, 1.807) is 6.20 Å². The van der Waals surface area contributed by atoms with Gasteiger partial charge < -0.3 is 0 Å². The van der Waals surface area contributed by atoms with Crippen molar-refractivity contribution in [1.29, 1.82) is 0 Å². The Morgan fingerprint density at radius 1 is 1.40 bits per heavy atom. The highest BCUT2D eigenvalue weighted by molar-refractivity contribution is 7.05. The molecule has 2 rings (SSSR count). The maximum Gasteiger partial charge on any atom is 0.0837 e. The molecule has 5 heteroatoms. The molecule has 0 saturated heterocycles. The molecule has 1 aromatic carbocycles. The van der Waals surface area contributed by atoms with Crippen molar-refractivity contribution in [2.75, 3.05) is 0 Å². The van der Waals surface area contributed by atoms with E-state index in [0.717, 1.165) is 10.4 Å². The Morgan fingerprint density at radius 3 is 2.80 bits per heavy atom. The SMILES string of the molecule is Cc1ccccc1C(NN)c1cnns1. The summed E-state index contributed by atoms with van der Waals surface area (Å²) in [6.07, 6.45) is 1.74. The molecule has 3 N–H and O–H groups in total. The fourth-order valence-corrected chi connectivity index (χ4v) is 2.12. The maximum atomic E-state index is 5.57. The minimum Gasteiger partial charge on any atom is -0.271 e. The van der Waals surface area contributed by atoms with Gasteiger partial charge in [-0.05, 0) is 29.6 Å². The Bertz CT molecular complexity index is 427. The van der Waals surface area contributed by atoms with Crippen LogP contribution < -0.4 is 11.3 Å². The lowest BCUT2D eigenvalue weighted by molar-refractivity contribution is 0.642. The normalized spacial score (nSPS) is 12.7. The zero-order valence-corrected chi connectivity index (χ0v) is 9.16. The van der Waals surface area contributed by atoms with E-state index in [2.05, 4.69) is 34.1 Å². The van der Waals surface area contributed by atoms with Crippen LogP contribution in [0.1, 0.15) is 22.0 Å². The average molecular weight is 220 g/mol. The van der Waals surface area contributed by atoms with Gasteiger partial charge in [-0.2, -0.15) is 0 Å². The number of rotatable bonds is 3. The molecule has 4 nitrogen and oxygen atoms in total. The minimum absolute atomic E-state index is 0.0220. The van der Waals surface area contributed by atoms with Gasteiger partial charge in [-0.15, -0.1) is 5.10 Å². The Balaban J connectivity index is 2.40. The Labute approximate surface area is 92.3 Å². The molecule has 1 unspecified atom stereocenters. The summed E-state index contributed by atoms with van der Waals surface area (Å²) >= 11 is 1.36. The molecule has 0 aliphatic heterocycles. The van der Waals surface area contributed by atoms with Gasteiger partial charge in [-0.1, -0.05) is 28.8 Å². The van der Waals surface area contributed by atoms with Gasteiger partial charge in [-0.3, -0.25) is 5.84 Å². The fourth-order valence-electron chi connectivity index (χ4n) is 1.54. The first kappa shape index (κ1) is 10.2. The van der Waals surface area contributed by atoms with Gasteiger partial charge in [0.1, 0.15) is 0 Å². The third-order valence-electron chi connectivity index (χ3n) is 2.33. The predicted molar refractivity (Wildman–Crippen MR) is 60.3 cm³/mol. The number of benzene rings is 1. The number of aryl methyl sites for hydroxylation is 1. The van der Waals surface area contributed by atoms with E-state index in [0.29, 0.717) is 0 Å². The van der Waals surface area contributed by atoms with Gasteiger partial charge in [0.2, 0.25) is 0 Å². The fraction of sp³-hybridized carbons (Fsp3) is 0.200. The Morgan fingerprint density at radius 2 is 2.20 bits per heavy atom. The predicted octanol–water partition coefficient (Wildman–Crippen LogP) is 1.40. The highest BCUT2D eigenvalue weighted by atomic mass is 32.1. The highest BCUT2D eigenvalue weighted by Crippen LogP contribution is 2.25. The van der Waals surface area contributed by atoms with Crippen molar-refractivity contribution in [3.05, 3.63) is 46.5 Å². The van der Waals surface area contributed by atoms with E-state index in [1.165, 1.54) is 17.1 Å². The van der Waals surface area contributed by atoms with Crippen LogP contribution in [-0.2, 0) is 0 Å². The first-order valence-corrected chi connectivity index (χ1v) is 5.39. The molecule has 0 spiro atoms. The minimum atomic E-state index is -0.0220. The van der Waals surface area contributed by atoms with Gasteiger partial charge in [-0.25, -0.2) is 5.43 Å². The van der Waals surface area contributed by atoms with Gasteiger partial charge in [0.05, 0.1) is 17.1 Å². The number of nitrogens with zero attached hydrogens (tertiary/aromatic N) is 2. The van der Waals surface area contributed by atoms with Crippen LogP contribution in [0.15, 0.2) is 30.5 Å². The third kappa shape index (κ3) is 2.04. The summed E-state index contributed by atoms with van der Waals surface area (Å²) in [6.45, 7) is 2.06. The molecule has 0 saturated carbocycles. The second kappa shape index (κ2) is 4.48. The van der Waals surface area contributed by atoms with Crippen molar-refractivity contribution in [2.45, 2.75) is 13.0 Å². The van der Waals surface area contributed by atoms with Crippen molar-refractivity contribution < 1.29 is 0 Å². The summed E-state index contributed by atoms with van der Waals surface area (Å²) in [7, 11) is 0. The van der Waals surface area contributed by atoms with Crippen molar-refractivity contribution in [1.82, 2.24) is 15.0 Å². The average Bonchev–Trinajstić information content (AvgIpc) is 2.75. The lowest BCUT2D eigenvalue weighted by atomic mass is 10.0. The summed E-state index contributed by atoms with van der Waals surface area (Å²) in [4.78, 5) is 1.02. The zero-order chi connectivity index (χ0) is 10.7. The quantitative estimate of drug-likeness (QED) is 0.606. The van der Waals surface area contributed by atoms with Crippen LogP contribution in [-0.4, -0.2) is 9.59 Å². The first-order valence-electron chi connectivity index (χ1n) is 4.62. The molecule has 1 heterocycles. The second-order valence-corrected chi connectivity index (χ2v) is 4.09. The van der Waals surface area contributed by atoms with Crippen LogP contribution >= 0.6 is 11.5 Å². The van der Waals surface area contributed by atoms with Gasteiger partial charge in [0, 0.05) is 0 Å². The molecule has 78 valence electrons. The van der Waals surface area contributed by atoms with Crippen molar-refractivity contribution in [3.63, 3.8) is 0 Å². The second-order valence-electron chi connectivity index (χ2n) is 3.28. The van der Waals surface area contributed by atoms with Gasteiger partial charge in [0.15, 0.2) is 0 Å². The van der Waals surface area contributed by atoms with E-state index >= 15 is 0 Å². The smallest absolute Gasteiger partial charge is 0.0837 e. The lowest BCUT2D eigenvalue weighted by Crippen LogP contribution is -2.28. The highest BCUT2D eigenvalue weighted by Gasteiger charge is 2.15. The van der Waals surface area contributed by atoms with Crippen LogP contribution in [0.25, 0.3) is 0 Å². The van der Waals surface area contributed by atoms with Crippen molar-refractivity contribution in [3.8, 4) is 0 Å². The summed E-state index contributed by atoms with van der Waals surface area (Å²) in [5, 5.41) is 3.82. The van der Waals surface area contributed by atoms with Gasteiger partial charge >= 0.3 is 0 Å². The summed E-state index contributed by atoms with van der Waals surface area (Å²) in [5.41, 5.74) is 5.15. The molecule has 1 atom stereocenters. The largest absolute Gasteiger partial charge is 0.271 e. The number of nitrogens with one attached hydrogen (secondary N) is 1. The van der Waals surface area contributed by atoms with E-state index < -0.39 is 0 Å². The summed E-state index contributed by atoms with van der Waals surface area (Å²) < 4.78 is 3.84. The first-order chi connectivity index (χ1) is 7.33. The van der Waals surface area contributed by atoms with Crippen LogP contribution in [0, 0.1) is 6.92 Å². The third-order valence-corrected chi connectivity index (χ3v) is 3.06. The topological polar surface area (TPSA) is 63.8 Å². The van der Waals surface area contributed by atoms with Crippen LogP contribution in [0.5, 0.6) is 0 Å². The maximum absolute atomic E-state index is 5.57. The number of hydrogen-bond acceptors (Lipinski definition) is 5. The van der Waals surface area contributed by atoms with Gasteiger partial charge in [0.25, 0.3) is 0 Å². The molecule has 0 aliphatic carbocycles. The Hall–Kier alpha value is -1.30. The molecule has 15 heavy (non-hydrogen) atoms. The molecular weight excluding hydrogens is 208 g/mol. The van der Waals surface area contributed by atoms with E-state index in [-0.39, 0.29) is 6.04 Å². The van der Waals surface area contributed by atoms with E-state index in [4.69, 9.17) is 5.84 Å². The molecule has 2 aromatic rings. The summed E-state index contributed by atoms with van der Waals surface area (Å²) in [5.74, 6) is 5.57. The number of nitrogens with two attached hydrogens (primary N) is 1. The van der Waals surface area contributed by atoms with Crippen LogP contribution in [0.3, 0.4) is 0 Å². The zero-order valence-electron chi connectivity index (χ0n) is 8.34. The lowest BCUT2D eigenvalue weighted by Gasteiger charge is -2.15. The number of hydrazine groups is 1. The molecule has 1 aromatic heterocycles. The van der Waals surface area contributed by atoms with Crippen LogP contribution in [0.4, 0.5) is 0 Å². The molecule has 0 amide bonds. The van der Waals surface area contributed by atoms with E-state index in [9.17, 15) is 0 Å². The van der Waals surface area contributed by atoms with E-state index in [1.807, 2.05) is 12.1 Å². The molecule has 0 aliphatic rings.